The van der Waals surface area contributed by atoms with E-state index in [4.69, 9.17) is 4.42 Å². The number of nitrogens with zero attached hydrogens (tertiary/aromatic N) is 1. The third-order valence-electron chi connectivity index (χ3n) is 4.62. The second kappa shape index (κ2) is 6.13. The Morgan fingerprint density at radius 1 is 1.23 bits per heavy atom. The van der Waals surface area contributed by atoms with Gasteiger partial charge in [0.1, 0.15) is 17.1 Å². The van der Waals surface area contributed by atoms with Gasteiger partial charge in [-0.3, -0.25) is 9.69 Å². The Labute approximate surface area is 130 Å². The molecule has 1 saturated heterocycles. The average molecular weight is 301 g/mol. The van der Waals surface area contributed by atoms with E-state index in [-0.39, 0.29) is 11.2 Å². The van der Waals surface area contributed by atoms with Crippen LogP contribution in [0, 0.1) is 6.92 Å². The summed E-state index contributed by atoms with van der Waals surface area (Å²) in [6.45, 7) is 6.49. The van der Waals surface area contributed by atoms with Gasteiger partial charge in [0.2, 0.25) is 0 Å². The van der Waals surface area contributed by atoms with Crippen molar-refractivity contribution in [1.29, 1.82) is 0 Å². The molecule has 0 radical (unpaired) electrons. The predicted octanol–water partition coefficient (Wildman–Crippen LogP) is 3.36. The molecule has 4 heteroatoms. The summed E-state index contributed by atoms with van der Waals surface area (Å²) in [5.41, 5.74) is 1.98. The Hall–Kier alpha value is -1.81. The molecule has 118 valence electrons. The van der Waals surface area contributed by atoms with Crippen LogP contribution in [-0.2, 0) is 13.0 Å². The first-order valence-corrected chi connectivity index (χ1v) is 8.11. The van der Waals surface area contributed by atoms with Crippen LogP contribution < -0.4 is 5.43 Å². The number of phenolic OH excluding ortho intramolecular Hbond substituents is 1. The Balaban J connectivity index is 2.13. The minimum absolute atomic E-state index is 0.0120. The molecule has 0 saturated carbocycles. The van der Waals surface area contributed by atoms with Gasteiger partial charge in [-0.15, -0.1) is 0 Å². The van der Waals surface area contributed by atoms with Crippen LogP contribution in [0.15, 0.2) is 21.3 Å². The molecule has 2 aromatic rings. The van der Waals surface area contributed by atoms with E-state index in [1.54, 1.807) is 19.1 Å². The molecule has 1 aliphatic rings. The molecule has 2 heterocycles. The lowest BCUT2D eigenvalue weighted by Gasteiger charge is -2.26. The molecule has 0 bridgehead atoms. The highest BCUT2D eigenvalue weighted by atomic mass is 16.3. The molecule has 1 N–H and O–H groups in total. The highest BCUT2D eigenvalue weighted by Crippen LogP contribution is 2.29. The van der Waals surface area contributed by atoms with Gasteiger partial charge in [0.05, 0.1) is 10.9 Å². The number of hydrogen-bond acceptors (Lipinski definition) is 4. The van der Waals surface area contributed by atoms with Crippen LogP contribution in [0.3, 0.4) is 0 Å². The summed E-state index contributed by atoms with van der Waals surface area (Å²) in [6.07, 6.45) is 4.33. The largest absolute Gasteiger partial charge is 0.507 e. The molecule has 1 aromatic heterocycles. The van der Waals surface area contributed by atoms with Gasteiger partial charge < -0.3 is 9.52 Å². The van der Waals surface area contributed by atoms with Crippen LogP contribution >= 0.6 is 0 Å². The number of benzene rings is 1. The number of fused-ring (bicyclic) bond motifs is 1. The highest BCUT2D eigenvalue weighted by Gasteiger charge is 2.19. The molecular weight excluding hydrogens is 278 g/mol. The van der Waals surface area contributed by atoms with Crippen molar-refractivity contribution in [1.82, 2.24) is 4.90 Å². The van der Waals surface area contributed by atoms with Crippen LogP contribution in [0.1, 0.15) is 43.1 Å². The van der Waals surface area contributed by atoms with Crippen LogP contribution in [0.5, 0.6) is 5.75 Å². The zero-order chi connectivity index (χ0) is 15.7. The van der Waals surface area contributed by atoms with E-state index >= 15 is 0 Å². The van der Waals surface area contributed by atoms with Crippen LogP contribution in [-0.4, -0.2) is 23.1 Å². The SMILES string of the molecule is CCc1oc2c(CN3CCCCC3)c(O)ccc2c(=O)c1C. The maximum Gasteiger partial charge on any atom is 0.195 e. The van der Waals surface area contributed by atoms with Crippen LogP contribution in [0.2, 0.25) is 0 Å². The van der Waals surface area contributed by atoms with Crippen molar-refractivity contribution >= 4 is 11.0 Å². The van der Waals surface area contributed by atoms with Crippen molar-refractivity contribution in [2.75, 3.05) is 13.1 Å². The topological polar surface area (TPSA) is 53.7 Å². The van der Waals surface area contributed by atoms with Crippen LogP contribution in [0.25, 0.3) is 11.0 Å². The summed E-state index contributed by atoms with van der Waals surface area (Å²) in [4.78, 5) is 14.8. The van der Waals surface area contributed by atoms with Crippen molar-refractivity contribution < 1.29 is 9.52 Å². The Bertz CT molecular complexity index is 742. The number of likely N-dealkylation sites (tertiary alicyclic amines) is 1. The summed E-state index contributed by atoms with van der Waals surface area (Å²) in [7, 11) is 0. The zero-order valence-corrected chi connectivity index (χ0v) is 13.3. The normalized spacial score (nSPS) is 16.3. The Morgan fingerprint density at radius 3 is 2.64 bits per heavy atom. The molecule has 1 fully saturated rings. The van der Waals surface area contributed by atoms with Crippen molar-refractivity contribution in [3.63, 3.8) is 0 Å². The van der Waals surface area contributed by atoms with E-state index in [2.05, 4.69) is 4.90 Å². The minimum Gasteiger partial charge on any atom is -0.507 e. The lowest BCUT2D eigenvalue weighted by atomic mass is 10.0. The Kier molecular flexibility index (Phi) is 4.21. The first-order valence-electron chi connectivity index (χ1n) is 8.11. The standard InChI is InChI=1S/C18H23NO3/c1-3-16-12(2)17(21)13-7-8-15(20)14(18(13)22-16)11-19-9-5-4-6-10-19/h7-8,20H,3-6,9-11H2,1-2H3. The molecule has 0 spiro atoms. The molecule has 4 nitrogen and oxygen atoms in total. The van der Waals surface area contributed by atoms with Crippen molar-refractivity contribution in [3.8, 4) is 5.75 Å². The van der Waals surface area contributed by atoms with Gasteiger partial charge in [-0.05, 0) is 45.0 Å². The first-order chi connectivity index (χ1) is 10.6. The molecular formula is C18H23NO3. The average Bonchev–Trinajstić information content (AvgIpc) is 2.54. The number of piperidine rings is 1. The molecule has 0 atom stereocenters. The summed E-state index contributed by atoms with van der Waals surface area (Å²) in [5.74, 6) is 0.926. The first kappa shape index (κ1) is 15.1. The number of rotatable bonds is 3. The molecule has 1 aromatic carbocycles. The lowest BCUT2D eigenvalue weighted by Crippen LogP contribution is -2.29. The maximum atomic E-state index is 12.5. The fourth-order valence-electron chi connectivity index (χ4n) is 3.27. The minimum atomic E-state index is 0.0120. The van der Waals surface area contributed by atoms with E-state index in [1.165, 1.54) is 19.3 Å². The molecule has 1 aliphatic heterocycles. The second-order valence-electron chi connectivity index (χ2n) is 6.11. The van der Waals surface area contributed by atoms with Crippen molar-refractivity contribution in [2.24, 2.45) is 0 Å². The molecule has 22 heavy (non-hydrogen) atoms. The second-order valence-corrected chi connectivity index (χ2v) is 6.11. The number of aryl methyl sites for hydroxylation is 1. The number of aromatic hydroxyl groups is 1. The molecule has 0 aliphatic carbocycles. The van der Waals surface area contributed by atoms with E-state index in [0.717, 1.165) is 18.7 Å². The maximum absolute atomic E-state index is 12.5. The third-order valence-corrected chi connectivity index (χ3v) is 4.62. The van der Waals surface area contributed by atoms with Gasteiger partial charge in [0.25, 0.3) is 0 Å². The van der Waals surface area contributed by atoms with Crippen molar-refractivity contribution in [2.45, 2.75) is 46.1 Å². The lowest BCUT2D eigenvalue weighted by molar-refractivity contribution is 0.218. The van der Waals surface area contributed by atoms with Gasteiger partial charge in [-0.2, -0.15) is 0 Å². The summed E-state index contributed by atoms with van der Waals surface area (Å²) in [5, 5.41) is 10.8. The van der Waals surface area contributed by atoms with Gasteiger partial charge in [0, 0.05) is 18.5 Å². The number of hydrogen-bond donors (Lipinski definition) is 1. The summed E-state index contributed by atoms with van der Waals surface area (Å²) >= 11 is 0. The van der Waals surface area contributed by atoms with E-state index in [0.29, 0.717) is 35.3 Å². The molecule has 0 amide bonds. The number of phenols is 1. The monoisotopic (exact) mass is 301 g/mol. The van der Waals surface area contributed by atoms with Gasteiger partial charge in [-0.1, -0.05) is 13.3 Å². The molecule has 0 unspecified atom stereocenters. The fourth-order valence-corrected chi connectivity index (χ4v) is 3.27. The van der Waals surface area contributed by atoms with E-state index in [1.807, 2.05) is 6.92 Å². The summed E-state index contributed by atoms with van der Waals surface area (Å²) < 4.78 is 5.99. The van der Waals surface area contributed by atoms with E-state index < -0.39 is 0 Å². The van der Waals surface area contributed by atoms with Crippen molar-refractivity contribution in [3.05, 3.63) is 39.2 Å². The highest BCUT2D eigenvalue weighted by molar-refractivity contribution is 5.82. The Morgan fingerprint density at radius 2 is 1.95 bits per heavy atom. The van der Waals surface area contributed by atoms with Gasteiger partial charge in [-0.25, -0.2) is 0 Å². The third kappa shape index (κ3) is 2.63. The van der Waals surface area contributed by atoms with Crippen LogP contribution in [0.4, 0.5) is 0 Å². The fraction of sp³-hybridized carbons (Fsp3) is 0.500. The smallest absolute Gasteiger partial charge is 0.195 e. The van der Waals surface area contributed by atoms with Gasteiger partial charge in [0.15, 0.2) is 5.43 Å². The quantitative estimate of drug-likeness (QED) is 0.944. The summed E-state index contributed by atoms with van der Waals surface area (Å²) in [6, 6.07) is 3.28. The molecule has 3 rings (SSSR count). The predicted molar refractivity (Wildman–Crippen MR) is 87.4 cm³/mol. The van der Waals surface area contributed by atoms with Gasteiger partial charge >= 0.3 is 0 Å². The zero-order valence-electron chi connectivity index (χ0n) is 13.3. The van der Waals surface area contributed by atoms with E-state index in [9.17, 15) is 9.90 Å².